The van der Waals surface area contributed by atoms with Crippen molar-refractivity contribution >= 4 is 16.3 Å². The van der Waals surface area contributed by atoms with Gasteiger partial charge in [0.05, 0.1) is 0 Å². The van der Waals surface area contributed by atoms with Crippen LogP contribution in [-0.2, 0) is 0 Å². The molecule has 0 aliphatic carbocycles. The van der Waals surface area contributed by atoms with Crippen LogP contribution in [0.2, 0.25) is 0 Å². The molecule has 0 heterocycles. The second kappa shape index (κ2) is 17.3. The molecule has 0 rings (SSSR count). The normalized spacial score (nSPS) is 12.2. The van der Waals surface area contributed by atoms with Gasteiger partial charge in [0, 0.05) is 0 Å². The summed E-state index contributed by atoms with van der Waals surface area (Å²) in [5.41, 5.74) is 0. The third-order valence-electron chi connectivity index (χ3n) is 4.24. The minimum absolute atomic E-state index is 0. The Hall–Kier alpha value is 0.447. The van der Waals surface area contributed by atoms with Gasteiger partial charge >= 0.3 is 120 Å². The Kier molecular flexibility index (Phi) is 21.2. The number of unbranched alkanes of at least 4 members (excludes halogenated alkanes) is 4. The van der Waals surface area contributed by atoms with E-state index in [-0.39, 0.29) is 5.48 Å². The fourth-order valence-corrected chi connectivity index (χ4v) is 8.87. The number of hydrogen-bond acceptors (Lipinski definition) is 4. The zero-order chi connectivity index (χ0) is 17.5. The van der Waals surface area contributed by atoms with Gasteiger partial charge in [-0.05, 0) is 0 Å². The molecule has 5 nitrogen and oxygen atoms in total. The summed E-state index contributed by atoms with van der Waals surface area (Å²) in [5.74, 6) is 0. The predicted octanol–water partition coefficient (Wildman–Crippen LogP) is 2.50. The van der Waals surface area contributed by atoms with Gasteiger partial charge in [-0.2, -0.15) is 0 Å². The summed E-state index contributed by atoms with van der Waals surface area (Å²) in [6.45, 7) is 9.44. The van der Waals surface area contributed by atoms with Crippen LogP contribution in [0.25, 0.3) is 0 Å². The fraction of sp³-hybridized carbons (Fsp3) is 1.00. The zero-order valence-electron chi connectivity index (χ0n) is 15.8. The van der Waals surface area contributed by atoms with Crippen LogP contribution in [0.4, 0.5) is 0 Å². The van der Waals surface area contributed by atoms with Crippen molar-refractivity contribution in [3.8, 4) is 0 Å². The molecule has 0 saturated carbocycles. The summed E-state index contributed by atoms with van der Waals surface area (Å²) in [6.07, 6.45) is 18.1. The molecule has 0 aliphatic rings. The molecule has 0 aromatic heterocycles. The molecule has 0 saturated heterocycles. The second-order valence-electron chi connectivity index (χ2n) is 6.51. The maximum absolute atomic E-state index is 7.33. The predicted molar refractivity (Wildman–Crippen MR) is 106 cm³/mol. The first-order valence-electron chi connectivity index (χ1n) is 9.14. The van der Waals surface area contributed by atoms with Crippen LogP contribution in [0.15, 0.2) is 0 Å². The van der Waals surface area contributed by atoms with Crippen molar-refractivity contribution < 1.29 is 24.7 Å². The van der Waals surface area contributed by atoms with Crippen molar-refractivity contribution in [2.75, 3.05) is 24.6 Å². The molecule has 0 spiro atoms. The van der Waals surface area contributed by atoms with Crippen LogP contribution in [0.5, 0.6) is 0 Å². The van der Waals surface area contributed by atoms with Gasteiger partial charge in [-0.3, -0.25) is 0 Å². The molecule has 6 N–H and O–H groups in total. The first-order valence-corrected chi connectivity index (χ1v) is 13.8. The van der Waals surface area contributed by atoms with Crippen LogP contribution in [-0.4, -0.2) is 58.4 Å². The molecule has 0 aromatic rings. The maximum Gasteiger partial charge on any atom is 0.668 e. The first-order chi connectivity index (χ1) is 10.2. The van der Waals surface area contributed by atoms with Crippen molar-refractivity contribution in [1.82, 2.24) is 0 Å². The van der Waals surface area contributed by atoms with Crippen molar-refractivity contribution in [3.05, 3.63) is 0 Å². The van der Waals surface area contributed by atoms with E-state index in [0.29, 0.717) is 0 Å². The van der Waals surface area contributed by atoms with Gasteiger partial charge in [-0.15, -0.1) is 0 Å². The smallest absolute Gasteiger partial charge is 0.412 e. The summed E-state index contributed by atoms with van der Waals surface area (Å²) < 4.78 is 0. The summed E-state index contributed by atoms with van der Waals surface area (Å²) in [7, 11) is -5.49. The van der Waals surface area contributed by atoms with Crippen LogP contribution in [0.3, 0.4) is 0 Å². The van der Waals surface area contributed by atoms with Gasteiger partial charge in [0.25, 0.3) is 0 Å². The molecule has 0 aromatic carbocycles. The molecular weight excluding hydrogens is 331 g/mol. The van der Waals surface area contributed by atoms with E-state index in [1.165, 1.54) is 51.4 Å². The van der Waals surface area contributed by atoms with Gasteiger partial charge in [0.2, 0.25) is 0 Å². The summed E-state index contributed by atoms with van der Waals surface area (Å²) in [4.78, 5) is 29.3. The van der Waals surface area contributed by atoms with Gasteiger partial charge in [-0.25, -0.2) is 0 Å². The summed E-state index contributed by atoms with van der Waals surface area (Å²) >= 11 is 0. The van der Waals surface area contributed by atoms with E-state index in [2.05, 4.69) is 27.7 Å². The zero-order valence-corrected chi connectivity index (χ0v) is 17.8. The average molecular weight is 375 g/mol. The maximum atomic E-state index is 7.33. The molecule has 0 aliphatic heterocycles. The van der Waals surface area contributed by atoms with Crippen molar-refractivity contribution in [1.29, 1.82) is 0 Å². The standard InChI is InChI=1S/C16H37P.H4O4Si.H2O/c1-5-9-13-17(14-10-6-2,15-11-7-3)16-12-8-4;1-5(2,3)4;/h17H,5-16H2,1-4H3;1-4H;1H2. The van der Waals surface area contributed by atoms with E-state index in [1.807, 2.05) is 0 Å². The molecule has 146 valence electrons. The van der Waals surface area contributed by atoms with Crippen LogP contribution < -0.4 is 0 Å². The largest absolute Gasteiger partial charge is 0.668 e. The van der Waals surface area contributed by atoms with Gasteiger partial charge in [-0.1, -0.05) is 0 Å². The average Bonchev–Trinajstić information content (AvgIpc) is 2.44. The van der Waals surface area contributed by atoms with E-state index in [0.717, 1.165) is 0 Å². The van der Waals surface area contributed by atoms with Crippen LogP contribution in [0, 0.1) is 0 Å². The van der Waals surface area contributed by atoms with Crippen molar-refractivity contribution in [2.45, 2.75) is 79.1 Å². The summed E-state index contributed by atoms with van der Waals surface area (Å²) in [5, 5.41) is 0. The Bertz CT molecular complexity index is 193. The monoisotopic (exact) mass is 374 g/mol. The molecule has 0 bridgehead atoms. The van der Waals surface area contributed by atoms with Gasteiger partial charge < -0.3 is 24.7 Å². The Labute approximate surface area is 145 Å². The molecule has 0 fully saturated rings. The quantitative estimate of drug-likeness (QED) is 0.310. The minimum Gasteiger partial charge on any atom is -0.412 e. The van der Waals surface area contributed by atoms with Crippen LogP contribution in [0.1, 0.15) is 79.1 Å². The Balaban J connectivity index is -0.000000578. The molecule has 23 heavy (non-hydrogen) atoms. The Morgan fingerprint density at radius 1 is 0.565 bits per heavy atom. The third kappa shape index (κ3) is 22.4. The molecular formula is C16H43O5PSi. The van der Waals surface area contributed by atoms with Crippen molar-refractivity contribution in [2.24, 2.45) is 0 Å². The molecule has 0 radical (unpaired) electrons. The Morgan fingerprint density at radius 3 is 0.870 bits per heavy atom. The molecule has 0 amide bonds. The minimum atomic E-state index is -4.61. The van der Waals surface area contributed by atoms with E-state index < -0.39 is 16.3 Å². The van der Waals surface area contributed by atoms with Gasteiger partial charge in [0.1, 0.15) is 0 Å². The van der Waals surface area contributed by atoms with E-state index in [9.17, 15) is 0 Å². The van der Waals surface area contributed by atoms with Crippen LogP contribution >= 0.6 is 7.26 Å². The van der Waals surface area contributed by atoms with E-state index in [1.54, 1.807) is 24.6 Å². The Morgan fingerprint density at radius 2 is 0.739 bits per heavy atom. The number of hydrogen-bond donors (Lipinski definition) is 4. The molecule has 0 atom stereocenters. The number of rotatable bonds is 12. The topological polar surface area (TPSA) is 112 Å². The SMILES string of the molecule is CCCC[PH](CCCC)(CCCC)CCCC.O.O[Si](O)(O)O. The first kappa shape index (κ1) is 28.3. The second-order valence-corrected chi connectivity index (χ2v) is 12.7. The third-order valence-corrected chi connectivity index (χ3v) is 9.90. The molecule has 0 unspecified atom stereocenters. The van der Waals surface area contributed by atoms with E-state index in [4.69, 9.17) is 19.2 Å². The summed E-state index contributed by atoms with van der Waals surface area (Å²) in [6, 6.07) is 0. The molecule has 7 heteroatoms. The van der Waals surface area contributed by atoms with Gasteiger partial charge in [0.15, 0.2) is 0 Å². The van der Waals surface area contributed by atoms with Crippen molar-refractivity contribution in [3.63, 3.8) is 0 Å². The van der Waals surface area contributed by atoms with E-state index >= 15 is 0 Å². The fourth-order valence-electron chi connectivity index (χ4n) is 2.96.